The molecule has 3 nitrogen and oxygen atoms in total. The molecule has 0 atom stereocenters. The second kappa shape index (κ2) is 13.4. The van der Waals surface area contributed by atoms with Gasteiger partial charge in [-0.1, -0.05) is 38.8 Å². The molecule has 0 bridgehead atoms. The highest BCUT2D eigenvalue weighted by Crippen LogP contribution is 2.05. The molecule has 0 aromatic heterocycles. The lowest BCUT2D eigenvalue weighted by Crippen LogP contribution is -2.12. The quantitative estimate of drug-likeness (QED) is 0.720. The molecule has 1 aromatic carbocycles. The zero-order chi connectivity index (χ0) is 14.3. The molecule has 1 aliphatic rings. The van der Waals surface area contributed by atoms with E-state index in [1.807, 2.05) is 45.2 Å². The molecule has 3 heteroatoms. The van der Waals surface area contributed by atoms with Crippen molar-refractivity contribution in [3.05, 3.63) is 29.8 Å². The minimum Gasteiger partial charge on any atom is -0.399 e. The molecule has 0 spiro atoms. The topological polar surface area (TPSA) is 50.1 Å². The number of hydrogen-bond acceptors (Lipinski definition) is 3. The molecule has 19 heavy (non-hydrogen) atoms. The van der Waals surface area contributed by atoms with E-state index in [0.29, 0.717) is 0 Å². The van der Waals surface area contributed by atoms with E-state index in [-0.39, 0.29) is 0 Å². The fraction of sp³-hybridized carbons (Fsp3) is 0.625. The third-order valence-corrected chi connectivity index (χ3v) is 2.79. The summed E-state index contributed by atoms with van der Waals surface area (Å²) in [5.41, 5.74) is 7.61. The fourth-order valence-corrected chi connectivity index (χ4v) is 1.89. The van der Waals surface area contributed by atoms with Gasteiger partial charge >= 0.3 is 0 Å². The smallest absolute Gasteiger partial charge is 0.0317 e. The lowest BCUT2D eigenvalue weighted by molar-refractivity contribution is 0.702. The van der Waals surface area contributed by atoms with Crippen molar-refractivity contribution in [3.63, 3.8) is 0 Å². The van der Waals surface area contributed by atoms with Crippen molar-refractivity contribution < 1.29 is 0 Å². The van der Waals surface area contributed by atoms with Gasteiger partial charge in [0.1, 0.15) is 0 Å². The Hall–Kier alpha value is -1.06. The number of nitrogens with one attached hydrogen (secondary N) is 2. The van der Waals surface area contributed by atoms with Gasteiger partial charge in [-0.2, -0.15) is 0 Å². The summed E-state index contributed by atoms with van der Waals surface area (Å²) in [5, 5.41) is 6.40. The van der Waals surface area contributed by atoms with Crippen LogP contribution in [0.15, 0.2) is 24.3 Å². The van der Waals surface area contributed by atoms with Crippen molar-refractivity contribution in [1.82, 2.24) is 10.6 Å². The van der Waals surface area contributed by atoms with E-state index in [1.165, 1.54) is 44.3 Å². The highest BCUT2D eigenvalue weighted by Gasteiger charge is 1.94. The average molecular weight is 265 g/mol. The summed E-state index contributed by atoms with van der Waals surface area (Å²) in [6.45, 7) is 7.38. The van der Waals surface area contributed by atoms with Gasteiger partial charge in [0.05, 0.1) is 0 Å². The first-order chi connectivity index (χ1) is 9.33. The summed E-state index contributed by atoms with van der Waals surface area (Å²) in [7, 11) is 1.92. The maximum absolute atomic E-state index is 5.56. The Labute approximate surface area is 119 Å². The van der Waals surface area contributed by atoms with Crippen LogP contribution in [0, 0.1) is 0 Å². The SMILES string of the molecule is C1CCCNCC1.CC.CNCc1cccc(N)c1. The van der Waals surface area contributed by atoms with Crippen LogP contribution >= 0.6 is 0 Å². The average Bonchev–Trinajstić information content (AvgIpc) is 2.74. The Balaban J connectivity index is 0.000000316. The van der Waals surface area contributed by atoms with E-state index in [1.54, 1.807) is 0 Å². The number of hydrogen-bond donors (Lipinski definition) is 3. The molecule has 1 aliphatic heterocycles. The monoisotopic (exact) mass is 265 g/mol. The number of nitrogens with two attached hydrogens (primary N) is 1. The number of nitrogen functional groups attached to an aromatic ring is 1. The van der Waals surface area contributed by atoms with Crippen LogP contribution in [0.25, 0.3) is 0 Å². The molecule has 4 N–H and O–H groups in total. The summed E-state index contributed by atoms with van der Waals surface area (Å²) in [6.07, 6.45) is 5.65. The van der Waals surface area contributed by atoms with Crippen LogP contribution in [0.2, 0.25) is 0 Å². The Morgan fingerprint density at radius 2 is 1.74 bits per heavy atom. The first kappa shape index (κ1) is 17.9. The zero-order valence-electron chi connectivity index (χ0n) is 12.8. The first-order valence-electron chi connectivity index (χ1n) is 7.52. The van der Waals surface area contributed by atoms with Crippen LogP contribution in [-0.4, -0.2) is 20.1 Å². The molecule has 0 saturated carbocycles. The Morgan fingerprint density at radius 1 is 1.11 bits per heavy atom. The lowest BCUT2D eigenvalue weighted by Gasteiger charge is -1.99. The summed E-state index contributed by atoms with van der Waals surface area (Å²) < 4.78 is 0. The predicted molar refractivity (Wildman–Crippen MR) is 86.3 cm³/mol. The summed E-state index contributed by atoms with van der Waals surface area (Å²) in [5.74, 6) is 0. The third-order valence-electron chi connectivity index (χ3n) is 2.79. The van der Waals surface area contributed by atoms with Gasteiger partial charge in [0.2, 0.25) is 0 Å². The predicted octanol–water partition coefficient (Wildman–Crippen LogP) is 3.16. The first-order valence-corrected chi connectivity index (χ1v) is 7.52. The van der Waals surface area contributed by atoms with E-state index in [0.717, 1.165) is 12.2 Å². The summed E-state index contributed by atoms with van der Waals surface area (Å²) in [6, 6.07) is 7.87. The van der Waals surface area contributed by atoms with E-state index in [2.05, 4.69) is 10.6 Å². The van der Waals surface area contributed by atoms with Crippen molar-refractivity contribution in [1.29, 1.82) is 0 Å². The van der Waals surface area contributed by atoms with Gasteiger partial charge in [-0.3, -0.25) is 0 Å². The number of anilines is 1. The third kappa shape index (κ3) is 10.5. The Bertz CT molecular complexity index is 280. The normalized spacial score (nSPS) is 14.3. The second-order valence-corrected chi connectivity index (χ2v) is 4.44. The number of rotatable bonds is 2. The minimum atomic E-state index is 0.827. The minimum absolute atomic E-state index is 0.827. The highest BCUT2D eigenvalue weighted by atomic mass is 14.8. The van der Waals surface area contributed by atoms with Crippen LogP contribution in [0.4, 0.5) is 5.69 Å². The van der Waals surface area contributed by atoms with Crippen LogP contribution < -0.4 is 16.4 Å². The van der Waals surface area contributed by atoms with Gasteiger partial charge in [0, 0.05) is 12.2 Å². The van der Waals surface area contributed by atoms with E-state index in [4.69, 9.17) is 5.73 Å². The van der Waals surface area contributed by atoms with Gasteiger partial charge in [0.15, 0.2) is 0 Å². The van der Waals surface area contributed by atoms with Crippen molar-refractivity contribution in [3.8, 4) is 0 Å². The number of benzene rings is 1. The Morgan fingerprint density at radius 3 is 2.26 bits per heavy atom. The highest BCUT2D eigenvalue weighted by molar-refractivity contribution is 5.40. The standard InChI is InChI=1S/C8H12N2.C6H13N.C2H6/c1-10-6-7-3-2-4-8(9)5-7;1-2-4-6-7-5-3-1;1-2/h2-5,10H,6,9H2,1H3;7H,1-6H2;1-2H3. The fourth-order valence-electron chi connectivity index (χ4n) is 1.89. The van der Waals surface area contributed by atoms with Gasteiger partial charge < -0.3 is 16.4 Å². The van der Waals surface area contributed by atoms with E-state index in [9.17, 15) is 0 Å². The van der Waals surface area contributed by atoms with Crippen molar-refractivity contribution >= 4 is 5.69 Å². The van der Waals surface area contributed by atoms with Crippen molar-refractivity contribution in [2.45, 2.75) is 46.1 Å². The van der Waals surface area contributed by atoms with Crippen LogP contribution in [0.1, 0.15) is 45.1 Å². The molecule has 2 rings (SSSR count). The molecule has 0 aliphatic carbocycles. The molecule has 1 heterocycles. The van der Waals surface area contributed by atoms with Gasteiger partial charge in [-0.25, -0.2) is 0 Å². The van der Waals surface area contributed by atoms with Crippen LogP contribution in [-0.2, 0) is 6.54 Å². The molecular weight excluding hydrogens is 234 g/mol. The summed E-state index contributed by atoms with van der Waals surface area (Å²) in [4.78, 5) is 0. The maximum atomic E-state index is 5.56. The second-order valence-electron chi connectivity index (χ2n) is 4.44. The van der Waals surface area contributed by atoms with E-state index < -0.39 is 0 Å². The van der Waals surface area contributed by atoms with Crippen molar-refractivity contribution in [2.75, 3.05) is 25.9 Å². The summed E-state index contributed by atoms with van der Waals surface area (Å²) >= 11 is 0. The lowest BCUT2D eigenvalue weighted by atomic mass is 10.2. The zero-order valence-corrected chi connectivity index (χ0v) is 12.8. The molecule has 110 valence electrons. The molecule has 1 aromatic rings. The molecular formula is C16H31N3. The molecule has 0 unspecified atom stereocenters. The Kier molecular flexibility index (Phi) is 12.6. The molecule has 1 fully saturated rings. The van der Waals surface area contributed by atoms with E-state index >= 15 is 0 Å². The van der Waals surface area contributed by atoms with Crippen molar-refractivity contribution in [2.24, 2.45) is 0 Å². The van der Waals surface area contributed by atoms with Gasteiger partial charge in [-0.05, 0) is 50.7 Å². The van der Waals surface area contributed by atoms with Gasteiger partial charge in [-0.15, -0.1) is 0 Å². The maximum Gasteiger partial charge on any atom is 0.0317 e. The molecule has 1 saturated heterocycles. The molecule has 0 amide bonds. The van der Waals surface area contributed by atoms with Crippen LogP contribution in [0.3, 0.4) is 0 Å². The largest absolute Gasteiger partial charge is 0.399 e. The van der Waals surface area contributed by atoms with Crippen LogP contribution in [0.5, 0.6) is 0 Å². The molecule has 0 radical (unpaired) electrons. The van der Waals surface area contributed by atoms with Gasteiger partial charge in [0.25, 0.3) is 0 Å².